The van der Waals surface area contributed by atoms with Crippen LogP contribution in [0.3, 0.4) is 0 Å². The van der Waals surface area contributed by atoms with Gasteiger partial charge < -0.3 is 25.0 Å². The fraction of sp³-hybridized carbons (Fsp3) is 0.455. The average molecular weight is 297 g/mol. The van der Waals surface area contributed by atoms with Gasteiger partial charge in [-0.2, -0.15) is 17.6 Å². The lowest BCUT2D eigenvalue weighted by atomic mass is 10.2. The second-order valence-corrected chi connectivity index (χ2v) is 4.09. The lowest BCUT2D eigenvalue weighted by Gasteiger charge is -2.32. The van der Waals surface area contributed by atoms with Crippen molar-refractivity contribution in [3.8, 4) is 11.5 Å². The number of halogens is 4. The highest BCUT2D eigenvalue weighted by molar-refractivity contribution is 5.64. The Morgan fingerprint density at radius 2 is 1.80 bits per heavy atom. The van der Waals surface area contributed by atoms with E-state index in [0.29, 0.717) is 0 Å². The molecular formula is C11H11F4NO4. The predicted octanol–water partition coefficient (Wildman–Crippen LogP) is 1.41. The topological polar surface area (TPSA) is 71.0 Å². The van der Waals surface area contributed by atoms with Gasteiger partial charge in [0, 0.05) is 6.54 Å². The molecular weight excluding hydrogens is 286 g/mol. The van der Waals surface area contributed by atoms with Gasteiger partial charge in [0.05, 0.1) is 18.4 Å². The number of aliphatic hydroxyl groups is 2. The minimum absolute atomic E-state index is 0.0647. The van der Waals surface area contributed by atoms with Crippen molar-refractivity contribution in [2.24, 2.45) is 0 Å². The van der Waals surface area contributed by atoms with Gasteiger partial charge in [0.15, 0.2) is 11.5 Å². The van der Waals surface area contributed by atoms with E-state index < -0.39 is 36.4 Å². The van der Waals surface area contributed by atoms with E-state index in [-0.39, 0.29) is 12.2 Å². The Bertz CT molecular complexity index is 497. The van der Waals surface area contributed by atoms with Gasteiger partial charge in [-0.25, -0.2) is 0 Å². The van der Waals surface area contributed by atoms with Gasteiger partial charge in [-0.05, 0) is 12.1 Å². The summed E-state index contributed by atoms with van der Waals surface area (Å²) >= 11 is 0. The third-order valence-electron chi connectivity index (χ3n) is 2.53. The highest BCUT2D eigenvalue weighted by Gasteiger charge is 2.66. The van der Waals surface area contributed by atoms with Crippen molar-refractivity contribution in [2.45, 2.75) is 18.3 Å². The number of para-hydroxylation sites is 1. The van der Waals surface area contributed by atoms with E-state index in [0.717, 1.165) is 6.07 Å². The molecule has 1 unspecified atom stereocenters. The molecule has 1 aromatic rings. The van der Waals surface area contributed by atoms with E-state index in [4.69, 9.17) is 10.2 Å². The van der Waals surface area contributed by atoms with Gasteiger partial charge in [-0.3, -0.25) is 0 Å². The summed E-state index contributed by atoms with van der Waals surface area (Å²) in [4.78, 5) is 0. The van der Waals surface area contributed by atoms with Gasteiger partial charge in [-0.1, -0.05) is 6.07 Å². The SMILES string of the molecule is OCC(O)CNc1cccc2c1OC(F)(F)C(F)(F)O2. The molecule has 0 aromatic heterocycles. The molecule has 0 saturated heterocycles. The van der Waals surface area contributed by atoms with E-state index in [1.54, 1.807) is 0 Å². The highest BCUT2D eigenvalue weighted by atomic mass is 19.3. The Morgan fingerprint density at radius 1 is 1.15 bits per heavy atom. The molecule has 3 N–H and O–H groups in total. The molecule has 5 nitrogen and oxygen atoms in total. The summed E-state index contributed by atoms with van der Waals surface area (Å²) in [5, 5.41) is 20.3. The van der Waals surface area contributed by atoms with Crippen LogP contribution in [-0.2, 0) is 0 Å². The number of anilines is 1. The molecule has 0 bridgehead atoms. The number of ether oxygens (including phenoxy) is 2. The maximum atomic E-state index is 13.1. The molecule has 2 rings (SSSR count). The quantitative estimate of drug-likeness (QED) is 0.733. The van der Waals surface area contributed by atoms with Crippen molar-refractivity contribution in [3.05, 3.63) is 18.2 Å². The van der Waals surface area contributed by atoms with Crippen LogP contribution >= 0.6 is 0 Å². The van der Waals surface area contributed by atoms with Gasteiger partial charge in [0.25, 0.3) is 0 Å². The van der Waals surface area contributed by atoms with Crippen LogP contribution in [0.15, 0.2) is 18.2 Å². The molecule has 0 saturated carbocycles. The Hall–Kier alpha value is -1.74. The van der Waals surface area contributed by atoms with E-state index >= 15 is 0 Å². The van der Waals surface area contributed by atoms with Crippen LogP contribution in [0.1, 0.15) is 0 Å². The lowest BCUT2D eigenvalue weighted by Crippen LogP contribution is -2.52. The average Bonchev–Trinajstić information content (AvgIpc) is 2.36. The van der Waals surface area contributed by atoms with E-state index in [9.17, 15) is 17.6 Å². The normalized spacial score (nSPS) is 20.3. The van der Waals surface area contributed by atoms with Gasteiger partial charge in [0.1, 0.15) is 0 Å². The third-order valence-corrected chi connectivity index (χ3v) is 2.53. The minimum Gasteiger partial charge on any atom is -0.421 e. The molecule has 20 heavy (non-hydrogen) atoms. The van der Waals surface area contributed by atoms with Crippen molar-refractivity contribution in [3.63, 3.8) is 0 Å². The van der Waals surface area contributed by atoms with Crippen LogP contribution in [0, 0.1) is 0 Å². The Kier molecular flexibility index (Phi) is 3.65. The third kappa shape index (κ3) is 2.59. The molecule has 1 aromatic carbocycles. The van der Waals surface area contributed by atoms with Gasteiger partial charge >= 0.3 is 12.2 Å². The molecule has 0 amide bonds. The first-order valence-corrected chi connectivity index (χ1v) is 5.56. The highest BCUT2D eigenvalue weighted by Crippen LogP contribution is 2.49. The molecule has 1 atom stereocenters. The summed E-state index contributed by atoms with van der Waals surface area (Å²) < 4.78 is 60.1. The number of rotatable bonds is 4. The summed E-state index contributed by atoms with van der Waals surface area (Å²) in [5.74, 6) is -1.14. The second-order valence-electron chi connectivity index (χ2n) is 4.09. The van der Waals surface area contributed by atoms with E-state index in [2.05, 4.69) is 14.8 Å². The number of hydrogen-bond acceptors (Lipinski definition) is 5. The fourth-order valence-corrected chi connectivity index (χ4v) is 1.52. The first-order chi connectivity index (χ1) is 9.27. The number of nitrogens with one attached hydrogen (secondary N) is 1. The molecule has 9 heteroatoms. The summed E-state index contributed by atoms with van der Waals surface area (Å²) in [7, 11) is 0. The maximum Gasteiger partial charge on any atom is 0.507 e. The summed E-state index contributed by atoms with van der Waals surface area (Å²) in [6.45, 7) is -0.730. The van der Waals surface area contributed by atoms with Crippen LogP contribution in [-0.4, -0.2) is 41.7 Å². The molecule has 112 valence electrons. The minimum atomic E-state index is -4.81. The summed E-state index contributed by atoms with van der Waals surface area (Å²) in [6.07, 6.45) is -10.7. The molecule has 1 heterocycles. The first kappa shape index (κ1) is 14.7. The van der Waals surface area contributed by atoms with Crippen molar-refractivity contribution in [2.75, 3.05) is 18.5 Å². The standard InChI is InChI=1S/C11H11F4NO4/c12-10(13)11(14,15)20-9-7(16-4-6(18)5-17)2-1-3-8(9)19-10/h1-3,6,16-18H,4-5H2. The fourth-order valence-electron chi connectivity index (χ4n) is 1.52. The van der Waals surface area contributed by atoms with Crippen LogP contribution in [0.2, 0.25) is 0 Å². The lowest BCUT2D eigenvalue weighted by molar-refractivity contribution is -0.391. The van der Waals surface area contributed by atoms with Crippen LogP contribution in [0.25, 0.3) is 0 Å². The maximum absolute atomic E-state index is 13.1. The van der Waals surface area contributed by atoms with E-state index in [1.807, 2.05) is 0 Å². The molecule has 0 fully saturated rings. The zero-order chi connectivity index (χ0) is 15.0. The van der Waals surface area contributed by atoms with Crippen LogP contribution in [0.4, 0.5) is 23.2 Å². The molecule has 1 aliphatic heterocycles. The Balaban J connectivity index is 2.27. The van der Waals surface area contributed by atoms with Crippen molar-refractivity contribution in [1.29, 1.82) is 0 Å². The van der Waals surface area contributed by atoms with Crippen molar-refractivity contribution in [1.82, 2.24) is 0 Å². The number of fused-ring (bicyclic) bond motifs is 1. The second kappa shape index (κ2) is 4.98. The number of hydrogen-bond donors (Lipinski definition) is 3. The zero-order valence-electron chi connectivity index (χ0n) is 9.95. The zero-order valence-corrected chi connectivity index (χ0v) is 9.95. The van der Waals surface area contributed by atoms with Gasteiger partial charge in [-0.15, -0.1) is 0 Å². The van der Waals surface area contributed by atoms with Crippen molar-refractivity contribution >= 4 is 5.69 Å². The monoisotopic (exact) mass is 297 g/mol. The number of aliphatic hydroxyl groups excluding tert-OH is 2. The molecule has 0 spiro atoms. The van der Waals surface area contributed by atoms with Crippen LogP contribution < -0.4 is 14.8 Å². The Labute approximate surface area is 110 Å². The van der Waals surface area contributed by atoms with E-state index in [1.165, 1.54) is 12.1 Å². The Morgan fingerprint density at radius 3 is 2.45 bits per heavy atom. The molecule has 0 aliphatic carbocycles. The van der Waals surface area contributed by atoms with Gasteiger partial charge in [0.2, 0.25) is 0 Å². The molecule has 0 radical (unpaired) electrons. The summed E-state index contributed by atoms with van der Waals surface area (Å²) in [6, 6.07) is 3.62. The predicted molar refractivity (Wildman–Crippen MR) is 59.2 cm³/mol. The largest absolute Gasteiger partial charge is 0.507 e. The smallest absolute Gasteiger partial charge is 0.421 e. The van der Waals surface area contributed by atoms with Crippen LogP contribution in [0.5, 0.6) is 11.5 Å². The number of alkyl halides is 4. The van der Waals surface area contributed by atoms with Crippen molar-refractivity contribution < 1.29 is 37.2 Å². The number of benzene rings is 1. The molecule has 1 aliphatic rings. The summed E-state index contributed by atoms with van der Waals surface area (Å²) in [5.41, 5.74) is -0.0647. The first-order valence-electron chi connectivity index (χ1n) is 5.56.